The summed E-state index contributed by atoms with van der Waals surface area (Å²) < 4.78 is 16.1. The van der Waals surface area contributed by atoms with Crippen LogP contribution in [0.4, 0.5) is 0 Å². The normalized spacial score (nSPS) is 11.0. The molecule has 2 aromatic carbocycles. The topological polar surface area (TPSA) is 60.7 Å². The van der Waals surface area contributed by atoms with Gasteiger partial charge in [-0.3, -0.25) is 4.79 Å². The van der Waals surface area contributed by atoms with Gasteiger partial charge in [0.1, 0.15) is 11.5 Å². The first-order valence-electron chi connectivity index (χ1n) is 7.85. The summed E-state index contributed by atoms with van der Waals surface area (Å²) in [7, 11) is 3.22. The summed E-state index contributed by atoms with van der Waals surface area (Å²) in [6, 6.07) is 15.1. The number of para-hydroxylation sites is 1. The Labute approximate surface area is 145 Å². The van der Waals surface area contributed by atoms with Gasteiger partial charge in [-0.1, -0.05) is 24.3 Å². The smallest absolute Gasteiger partial charge is 0.244 e. The molecule has 0 atom stereocenters. The molecule has 0 saturated carbocycles. The highest BCUT2D eigenvalue weighted by molar-refractivity contribution is 5.92. The maximum atomic E-state index is 12.0. The van der Waals surface area contributed by atoms with Crippen LogP contribution in [0.1, 0.15) is 11.3 Å². The lowest BCUT2D eigenvalue weighted by atomic mass is 10.2. The van der Waals surface area contributed by atoms with Gasteiger partial charge in [-0.25, -0.2) is 0 Å². The van der Waals surface area contributed by atoms with Crippen molar-refractivity contribution in [3.05, 3.63) is 65.9 Å². The first-order valence-corrected chi connectivity index (χ1v) is 7.85. The quantitative estimate of drug-likeness (QED) is 0.696. The predicted molar refractivity (Wildman–Crippen MR) is 96.6 cm³/mol. The van der Waals surface area contributed by atoms with Crippen LogP contribution in [0.2, 0.25) is 0 Å². The Morgan fingerprint density at radius 3 is 2.64 bits per heavy atom. The fraction of sp³-hybridized carbons (Fsp3) is 0.150. The maximum absolute atomic E-state index is 12.0. The zero-order chi connectivity index (χ0) is 17.6. The molecule has 0 spiro atoms. The minimum atomic E-state index is -0.191. The van der Waals surface area contributed by atoms with Crippen molar-refractivity contribution in [3.8, 4) is 11.5 Å². The van der Waals surface area contributed by atoms with Crippen LogP contribution in [0.5, 0.6) is 11.5 Å². The zero-order valence-corrected chi connectivity index (χ0v) is 14.1. The molecule has 0 saturated heterocycles. The van der Waals surface area contributed by atoms with Crippen LogP contribution in [0, 0.1) is 0 Å². The summed E-state index contributed by atoms with van der Waals surface area (Å²) in [6.45, 7) is 0.446. The Morgan fingerprint density at radius 2 is 1.92 bits per heavy atom. The summed E-state index contributed by atoms with van der Waals surface area (Å²) in [5, 5.41) is 3.76. The highest BCUT2D eigenvalue weighted by Crippen LogP contribution is 2.28. The number of nitrogens with one attached hydrogen (secondary N) is 1. The van der Waals surface area contributed by atoms with Gasteiger partial charge in [0.15, 0.2) is 11.3 Å². The minimum absolute atomic E-state index is 0.191. The molecule has 3 aromatic rings. The second-order valence-electron chi connectivity index (χ2n) is 5.43. The maximum Gasteiger partial charge on any atom is 0.244 e. The standard InChI is InChI=1S/C20H19NO4/c1-23-16-8-6-14(7-9-16)13-21-19(22)11-10-17-12-15-4-3-5-18(24-2)20(15)25-17/h3-12H,13H2,1-2H3,(H,21,22). The lowest BCUT2D eigenvalue weighted by molar-refractivity contribution is -0.116. The van der Waals surface area contributed by atoms with Gasteiger partial charge in [0, 0.05) is 18.0 Å². The van der Waals surface area contributed by atoms with Crippen molar-refractivity contribution >= 4 is 23.0 Å². The van der Waals surface area contributed by atoms with Gasteiger partial charge in [0.05, 0.1) is 14.2 Å². The molecule has 0 radical (unpaired) electrons. The van der Waals surface area contributed by atoms with Crippen molar-refractivity contribution in [2.45, 2.75) is 6.54 Å². The number of hydrogen-bond acceptors (Lipinski definition) is 4. The summed E-state index contributed by atoms with van der Waals surface area (Å²) >= 11 is 0. The fourth-order valence-corrected chi connectivity index (χ4v) is 2.45. The predicted octanol–water partition coefficient (Wildman–Crippen LogP) is 3.78. The van der Waals surface area contributed by atoms with Crippen LogP contribution in [0.15, 0.2) is 59.0 Å². The van der Waals surface area contributed by atoms with Crippen LogP contribution in [-0.4, -0.2) is 20.1 Å². The first kappa shape index (κ1) is 16.6. The van der Waals surface area contributed by atoms with Crippen molar-refractivity contribution in [2.75, 3.05) is 14.2 Å². The van der Waals surface area contributed by atoms with E-state index in [9.17, 15) is 4.79 Å². The summed E-state index contributed by atoms with van der Waals surface area (Å²) in [5.74, 6) is 1.86. The molecule has 128 valence electrons. The van der Waals surface area contributed by atoms with Crippen molar-refractivity contribution in [2.24, 2.45) is 0 Å². The van der Waals surface area contributed by atoms with Gasteiger partial charge in [0.2, 0.25) is 5.91 Å². The number of rotatable bonds is 6. The first-order chi connectivity index (χ1) is 12.2. The molecule has 0 aliphatic heterocycles. The summed E-state index contributed by atoms with van der Waals surface area (Å²) in [4.78, 5) is 12.0. The number of benzene rings is 2. The monoisotopic (exact) mass is 337 g/mol. The largest absolute Gasteiger partial charge is 0.497 e. The molecule has 5 heteroatoms. The van der Waals surface area contributed by atoms with Crippen molar-refractivity contribution in [1.82, 2.24) is 5.32 Å². The molecule has 0 aliphatic carbocycles. The third-order valence-electron chi connectivity index (χ3n) is 3.77. The number of methoxy groups -OCH3 is 2. The fourth-order valence-electron chi connectivity index (χ4n) is 2.45. The van der Waals surface area contributed by atoms with Gasteiger partial charge in [0.25, 0.3) is 0 Å². The van der Waals surface area contributed by atoms with Crippen LogP contribution in [0.25, 0.3) is 17.0 Å². The van der Waals surface area contributed by atoms with E-state index < -0.39 is 0 Å². The molecule has 1 N–H and O–H groups in total. The minimum Gasteiger partial charge on any atom is -0.497 e. The number of amides is 1. The van der Waals surface area contributed by atoms with Crippen molar-refractivity contribution < 1.29 is 18.7 Å². The molecule has 0 bridgehead atoms. The average molecular weight is 337 g/mol. The molecule has 0 unspecified atom stereocenters. The van der Waals surface area contributed by atoms with E-state index in [4.69, 9.17) is 13.9 Å². The van der Waals surface area contributed by atoms with E-state index in [0.717, 1.165) is 16.7 Å². The van der Waals surface area contributed by atoms with Gasteiger partial charge >= 0.3 is 0 Å². The van der Waals surface area contributed by atoms with E-state index in [1.807, 2.05) is 48.5 Å². The number of carbonyl (C=O) groups is 1. The highest BCUT2D eigenvalue weighted by Gasteiger charge is 2.07. The Hall–Kier alpha value is -3.21. The number of fused-ring (bicyclic) bond motifs is 1. The zero-order valence-electron chi connectivity index (χ0n) is 14.1. The van der Waals surface area contributed by atoms with Gasteiger partial charge in [-0.15, -0.1) is 0 Å². The Bertz CT molecular complexity index is 894. The number of furan rings is 1. The van der Waals surface area contributed by atoms with Gasteiger partial charge < -0.3 is 19.2 Å². The number of ether oxygens (including phenoxy) is 2. The van der Waals surface area contributed by atoms with Crippen LogP contribution in [-0.2, 0) is 11.3 Å². The van der Waals surface area contributed by atoms with E-state index in [1.165, 1.54) is 6.08 Å². The highest BCUT2D eigenvalue weighted by atomic mass is 16.5. The van der Waals surface area contributed by atoms with Gasteiger partial charge in [-0.05, 0) is 35.9 Å². The molecule has 0 fully saturated rings. The molecular weight excluding hydrogens is 318 g/mol. The number of hydrogen-bond donors (Lipinski definition) is 1. The van der Waals surface area contributed by atoms with E-state index in [1.54, 1.807) is 20.3 Å². The molecule has 0 aliphatic rings. The van der Waals surface area contributed by atoms with Crippen LogP contribution < -0.4 is 14.8 Å². The van der Waals surface area contributed by atoms with E-state index >= 15 is 0 Å². The second kappa shape index (κ2) is 7.57. The van der Waals surface area contributed by atoms with E-state index in [-0.39, 0.29) is 5.91 Å². The number of carbonyl (C=O) groups excluding carboxylic acids is 1. The van der Waals surface area contributed by atoms with Crippen LogP contribution in [0.3, 0.4) is 0 Å². The molecule has 1 aromatic heterocycles. The third-order valence-corrected chi connectivity index (χ3v) is 3.77. The Balaban J connectivity index is 1.62. The van der Waals surface area contributed by atoms with Crippen LogP contribution >= 0.6 is 0 Å². The average Bonchev–Trinajstić information content (AvgIpc) is 3.08. The SMILES string of the molecule is COc1ccc(CNC(=O)C=Cc2cc3cccc(OC)c3o2)cc1. The molecule has 3 rings (SSSR count). The van der Waals surface area contributed by atoms with E-state index in [2.05, 4.69) is 5.32 Å². The molecule has 25 heavy (non-hydrogen) atoms. The lowest BCUT2D eigenvalue weighted by Gasteiger charge is -2.04. The van der Waals surface area contributed by atoms with E-state index in [0.29, 0.717) is 23.6 Å². The second-order valence-corrected chi connectivity index (χ2v) is 5.43. The molecular formula is C20H19NO4. The summed E-state index contributed by atoms with van der Waals surface area (Å²) in [5.41, 5.74) is 1.67. The molecule has 1 heterocycles. The molecule has 1 amide bonds. The van der Waals surface area contributed by atoms with Gasteiger partial charge in [-0.2, -0.15) is 0 Å². The summed E-state index contributed by atoms with van der Waals surface area (Å²) in [6.07, 6.45) is 3.09. The lowest BCUT2D eigenvalue weighted by Crippen LogP contribution is -2.20. The van der Waals surface area contributed by atoms with Crippen molar-refractivity contribution in [1.29, 1.82) is 0 Å². The Kier molecular flexibility index (Phi) is 5.04. The van der Waals surface area contributed by atoms with Crippen molar-refractivity contribution in [3.63, 3.8) is 0 Å². The Morgan fingerprint density at radius 1 is 1.12 bits per heavy atom. The third kappa shape index (κ3) is 4.01. The molecule has 5 nitrogen and oxygen atoms in total.